The van der Waals surface area contributed by atoms with Gasteiger partial charge in [-0.15, -0.1) is 23.5 Å². The molecule has 1 atom stereocenters. The number of carbonyl (C=O) groups is 1. The van der Waals surface area contributed by atoms with E-state index in [1.165, 1.54) is 35.7 Å². The minimum absolute atomic E-state index is 0.215. The van der Waals surface area contributed by atoms with Crippen LogP contribution in [0.25, 0.3) is 10.9 Å². The van der Waals surface area contributed by atoms with Crippen LogP contribution in [0.3, 0.4) is 0 Å². The first-order valence-corrected chi connectivity index (χ1v) is 11.4. The van der Waals surface area contributed by atoms with E-state index in [9.17, 15) is 14.3 Å². The maximum Gasteiger partial charge on any atom is 0.332 e. The number of aromatic amines is 1. The van der Waals surface area contributed by atoms with E-state index < -0.39 is 11.5 Å². The first kappa shape index (κ1) is 20.6. The Morgan fingerprint density at radius 2 is 2.07 bits per heavy atom. The van der Waals surface area contributed by atoms with Crippen LogP contribution in [0.5, 0.6) is 0 Å². The molecule has 0 saturated carbocycles. The average molecular weight is 469 g/mol. The predicted molar refractivity (Wildman–Crippen MR) is 119 cm³/mol. The lowest BCUT2D eigenvalue weighted by molar-refractivity contribution is -0.142. The van der Waals surface area contributed by atoms with Crippen molar-refractivity contribution in [3.63, 3.8) is 0 Å². The third kappa shape index (κ3) is 4.43. The molecule has 1 aliphatic rings. The summed E-state index contributed by atoms with van der Waals surface area (Å²) in [6.45, 7) is 0. The van der Waals surface area contributed by atoms with E-state index in [2.05, 4.69) is 9.98 Å². The number of hydrogen-bond acceptors (Lipinski definition) is 4. The first-order valence-electron chi connectivity index (χ1n) is 8.65. The van der Waals surface area contributed by atoms with E-state index in [4.69, 9.17) is 23.2 Å². The van der Waals surface area contributed by atoms with Gasteiger partial charge in [0.25, 0.3) is 0 Å². The number of fused-ring (bicyclic) bond motifs is 1. The summed E-state index contributed by atoms with van der Waals surface area (Å²) in [6, 6.07) is 11.7. The molecule has 2 heterocycles. The SMILES string of the molecule is O=C(O)C1(Cc2cc3ccc(F)cc3[nH]2)CSC(CSc2ccc(Cl)c(Cl)c2)=N1. The van der Waals surface area contributed by atoms with Crippen molar-refractivity contribution < 1.29 is 14.3 Å². The summed E-state index contributed by atoms with van der Waals surface area (Å²) in [5.41, 5.74) is 0.124. The molecular formula is C20H15Cl2FN2O2S2. The molecule has 29 heavy (non-hydrogen) atoms. The Labute approximate surface area is 184 Å². The molecule has 0 fully saturated rings. The quantitative estimate of drug-likeness (QED) is 0.440. The predicted octanol–water partition coefficient (Wildman–Crippen LogP) is 5.92. The molecular weight excluding hydrogens is 454 g/mol. The van der Waals surface area contributed by atoms with E-state index >= 15 is 0 Å². The van der Waals surface area contributed by atoms with Gasteiger partial charge in [-0.25, -0.2) is 9.18 Å². The number of benzene rings is 2. The van der Waals surface area contributed by atoms with Crippen LogP contribution in [0.4, 0.5) is 4.39 Å². The van der Waals surface area contributed by atoms with Crippen molar-refractivity contribution in [3.8, 4) is 0 Å². The fraction of sp³-hybridized carbons (Fsp3) is 0.200. The number of hydrogen-bond donors (Lipinski definition) is 2. The van der Waals surface area contributed by atoms with E-state index in [1.807, 2.05) is 12.1 Å². The molecule has 0 bridgehead atoms. The molecule has 0 spiro atoms. The van der Waals surface area contributed by atoms with Gasteiger partial charge in [0.15, 0.2) is 5.54 Å². The summed E-state index contributed by atoms with van der Waals surface area (Å²) >= 11 is 15.0. The van der Waals surface area contributed by atoms with Gasteiger partial charge >= 0.3 is 5.97 Å². The smallest absolute Gasteiger partial charge is 0.332 e. The molecule has 0 amide bonds. The lowest BCUT2D eigenvalue weighted by Gasteiger charge is -2.19. The first-order chi connectivity index (χ1) is 13.8. The largest absolute Gasteiger partial charge is 0.479 e. The van der Waals surface area contributed by atoms with Crippen molar-refractivity contribution in [2.75, 3.05) is 11.5 Å². The number of carboxylic acid groups (broad SMARTS) is 1. The maximum atomic E-state index is 13.4. The van der Waals surface area contributed by atoms with Crippen LogP contribution < -0.4 is 0 Å². The number of aromatic nitrogens is 1. The molecule has 9 heteroatoms. The van der Waals surface area contributed by atoms with Crippen LogP contribution in [-0.4, -0.2) is 38.1 Å². The topological polar surface area (TPSA) is 65.4 Å². The Hall–Kier alpha value is -1.67. The lowest BCUT2D eigenvalue weighted by atomic mass is 9.96. The second-order valence-corrected chi connectivity index (χ2v) is 9.61. The average Bonchev–Trinajstić information content (AvgIpc) is 3.27. The van der Waals surface area contributed by atoms with E-state index in [-0.39, 0.29) is 12.2 Å². The molecule has 1 aromatic heterocycles. The molecule has 1 aliphatic heterocycles. The maximum absolute atomic E-state index is 13.4. The van der Waals surface area contributed by atoms with Gasteiger partial charge in [-0.2, -0.15) is 0 Å². The van der Waals surface area contributed by atoms with E-state index in [0.717, 1.165) is 21.0 Å². The van der Waals surface area contributed by atoms with Crippen molar-refractivity contribution in [1.29, 1.82) is 0 Å². The zero-order chi connectivity index (χ0) is 20.6. The van der Waals surface area contributed by atoms with Gasteiger partial charge in [0, 0.05) is 34.0 Å². The Morgan fingerprint density at radius 1 is 1.24 bits per heavy atom. The van der Waals surface area contributed by atoms with Crippen LogP contribution in [0.1, 0.15) is 5.69 Å². The number of rotatable bonds is 6. The van der Waals surface area contributed by atoms with Crippen LogP contribution >= 0.6 is 46.7 Å². The molecule has 4 rings (SSSR count). The third-order valence-electron chi connectivity index (χ3n) is 4.59. The normalized spacial score (nSPS) is 18.9. The molecule has 2 aromatic carbocycles. The van der Waals surface area contributed by atoms with E-state index in [0.29, 0.717) is 27.1 Å². The van der Waals surface area contributed by atoms with Gasteiger partial charge in [0.1, 0.15) is 5.82 Å². The van der Waals surface area contributed by atoms with Crippen LogP contribution in [0.2, 0.25) is 10.0 Å². The summed E-state index contributed by atoms with van der Waals surface area (Å²) < 4.78 is 13.4. The highest BCUT2D eigenvalue weighted by molar-refractivity contribution is 8.16. The fourth-order valence-electron chi connectivity index (χ4n) is 3.14. The summed E-state index contributed by atoms with van der Waals surface area (Å²) in [5, 5.41) is 12.5. The molecule has 3 aromatic rings. The summed E-state index contributed by atoms with van der Waals surface area (Å²) in [7, 11) is 0. The molecule has 1 unspecified atom stereocenters. The van der Waals surface area contributed by atoms with Crippen LogP contribution in [-0.2, 0) is 11.2 Å². The van der Waals surface area contributed by atoms with Crippen molar-refractivity contribution in [2.45, 2.75) is 16.9 Å². The highest BCUT2D eigenvalue weighted by Gasteiger charge is 2.43. The number of halogens is 3. The second-order valence-electron chi connectivity index (χ2n) is 6.70. The number of carboxylic acids is 1. The number of thioether (sulfide) groups is 2. The zero-order valence-corrected chi connectivity index (χ0v) is 18.1. The highest BCUT2D eigenvalue weighted by atomic mass is 35.5. The van der Waals surface area contributed by atoms with Gasteiger partial charge in [-0.3, -0.25) is 4.99 Å². The van der Waals surface area contributed by atoms with Gasteiger partial charge < -0.3 is 10.1 Å². The number of nitrogens with one attached hydrogen (secondary N) is 1. The summed E-state index contributed by atoms with van der Waals surface area (Å²) in [4.78, 5) is 20.7. The molecule has 150 valence electrons. The van der Waals surface area contributed by atoms with Crippen molar-refractivity contribution in [1.82, 2.24) is 4.98 Å². The van der Waals surface area contributed by atoms with Crippen LogP contribution in [0.15, 0.2) is 52.4 Å². The minimum atomic E-state index is -1.24. The molecule has 0 aliphatic carbocycles. The number of nitrogens with zero attached hydrogens (tertiary/aromatic N) is 1. The fourth-order valence-corrected chi connectivity index (χ4v) is 5.66. The summed E-state index contributed by atoms with van der Waals surface area (Å²) in [5.74, 6) is -0.405. The molecule has 0 saturated heterocycles. The zero-order valence-electron chi connectivity index (χ0n) is 14.9. The Kier molecular flexibility index (Phi) is 5.84. The Bertz CT molecular complexity index is 1130. The second kappa shape index (κ2) is 8.22. The molecule has 2 N–H and O–H groups in total. The minimum Gasteiger partial charge on any atom is -0.479 e. The van der Waals surface area contributed by atoms with Crippen molar-refractivity contribution >= 4 is 68.6 Å². The molecule has 4 nitrogen and oxygen atoms in total. The summed E-state index contributed by atoms with van der Waals surface area (Å²) in [6.07, 6.45) is 0.215. The van der Waals surface area contributed by atoms with Gasteiger partial charge in [0.05, 0.1) is 15.1 Å². The monoisotopic (exact) mass is 468 g/mol. The third-order valence-corrected chi connectivity index (χ3v) is 7.71. The van der Waals surface area contributed by atoms with Crippen molar-refractivity contribution in [2.24, 2.45) is 4.99 Å². The van der Waals surface area contributed by atoms with Gasteiger partial charge in [-0.05, 0) is 47.9 Å². The van der Waals surface area contributed by atoms with E-state index in [1.54, 1.807) is 18.2 Å². The number of aliphatic carboxylic acids is 1. The Morgan fingerprint density at radius 3 is 2.83 bits per heavy atom. The van der Waals surface area contributed by atoms with Crippen molar-refractivity contribution in [3.05, 3.63) is 64.0 Å². The standard InChI is InChI=1S/C20H15Cl2FN2O2S2/c21-15-4-3-14(7-16(15)22)28-9-18-25-20(10-29-18,19(26)27)8-13-5-11-1-2-12(23)6-17(11)24-13/h1-7,24H,8-10H2,(H,26,27). The van der Waals surface area contributed by atoms with Crippen LogP contribution in [0, 0.1) is 5.82 Å². The van der Waals surface area contributed by atoms with Gasteiger partial charge in [0.2, 0.25) is 0 Å². The Balaban J connectivity index is 1.52. The molecule has 0 radical (unpaired) electrons. The highest BCUT2D eigenvalue weighted by Crippen LogP contribution is 2.35. The number of aliphatic imine (C=N–C) groups is 1. The number of H-pyrrole nitrogens is 1. The lowest BCUT2D eigenvalue weighted by Crippen LogP contribution is -2.39. The van der Waals surface area contributed by atoms with Gasteiger partial charge in [-0.1, -0.05) is 23.2 Å².